The number of alkyl halides is 3. The van der Waals surface area contributed by atoms with Crippen molar-refractivity contribution in [3.8, 4) is 0 Å². The van der Waals surface area contributed by atoms with Crippen molar-refractivity contribution in [2.75, 3.05) is 0 Å². The van der Waals surface area contributed by atoms with Gasteiger partial charge >= 0.3 is 18.1 Å². The van der Waals surface area contributed by atoms with E-state index in [2.05, 4.69) is 0 Å². The summed E-state index contributed by atoms with van der Waals surface area (Å²) in [4.78, 5) is 34.1. The molecular weight excluding hydrogens is 355 g/mol. The van der Waals surface area contributed by atoms with Crippen molar-refractivity contribution in [1.29, 1.82) is 0 Å². The monoisotopic (exact) mass is 367 g/mol. The van der Waals surface area contributed by atoms with E-state index in [4.69, 9.17) is 10.2 Å². The Balaban J connectivity index is 2.36. The number of carbonyl (C=O) groups is 3. The van der Waals surface area contributed by atoms with Gasteiger partial charge in [0.25, 0.3) is 5.91 Å². The van der Waals surface area contributed by atoms with Crippen LogP contribution in [-0.4, -0.2) is 34.2 Å². The Bertz CT molecular complexity index is 846. The van der Waals surface area contributed by atoms with Gasteiger partial charge in [0.15, 0.2) is 6.04 Å². The number of aromatic carboxylic acids is 2. The summed E-state index contributed by atoms with van der Waals surface area (Å²) in [5, 5.41) is 19.6. The molecule has 1 unspecified atom stereocenters. The van der Waals surface area contributed by atoms with Gasteiger partial charge in [0, 0.05) is 0 Å². The van der Waals surface area contributed by atoms with E-state index >= 15 is 0 Å². The highest BCUT2D eigenvalue weighted by Gasteiger charge is 2.42. The molecule has 136 valence electrons. The van der Waals surface area contributed by atoms with Crippen molar-refractivity contribution in [3.63, 3.8) is 0 Å². The molecule has 0 saturated heterocycles. The number of carbonyl (C=O) groups excluding carboxylic acids is 1. The Morgan fingerprint density at radius 1 is 0.846 bits per heavy atom. The number of benzene rings is 2. The number of amides is 1. The van der Waals surface area contributed by atoms with Crippen molar-refractivity contribution in [2.24, 2.45) is 0 Å². The van der Waals surface area contributed by atoms with Gasteiger partial charge in [-0.15, -0.1) is 0 Å². The van der Waals surface area contributed by atoms with E-state index in [1.807, 2.05) is 0 Å². The van der Waals surface area contributed by atoms with Crippen LogP contribution in [-0.2, 0) is 0 Å². The molecule has 26 heavy (non-hydrogen) atoms. The molecule has 2 aromatic carbocycles. The van der Waals surface area contributed by atoms with Crippen LogP contribution < -0.4 is 5.32 Å². The van der Waals surface area contributed by atoms with E-state index in [1.165, 1.54) is 12.1 Å². The zero-order valence-corrected chi connectivity index (χ0v) is 12.9. The van der Waals surface area contributed by atoms with Crippen molar-refractivity contribution in [3.05, 3.63) is 70.8 Å². The molecule has 0 aliphatic carbocycles. The molecule has 2 rings (SSSR count). The van der Waals surface area contributed by atoms with Crippen LogP contribution in [0.3, 0.4) is 0 Å². The fourth-order valence-electron chi connectivity index (χ4n) is 2.25. The Labute approximate surface area is 144 Å². The van der Waals surface area contributed by atoms with Crippen LogP contribution in [0.1, 0.15) is 42.7 Å². The first kappa shape index (κ1) is 19.0. The van der Waals surface area contributed by atoms with Gasteiger partial charge in [0.2, 0.25) is 0 Å². The maximum atomic E-state index is 13.4. The van der Waals surface area contributed by atoms with Crippen molar-refractivity contribution in [2.45, 2.75) is 12.2 Å². The molecule has 0 aliphatic rings. The molecule has 0 fully saturated rings. The van der Waals surface area contributed by atoms with Gasteiger partial charge in [0.05, 0.1) is 16.7 Å². The molecule has 3 N–H and O–H groups in total. The molecular formula is C17H12F3NO5. The minimum Gasteiger partial charge on any atom is -0.478 e. The number of hydrogen-bond acceptors (Lipinski definition) is 3. The Hall–Kier alpha value is -3.36. The van der Waals surface area contributed by atoms with Gasteiger partial charge in [-0.2, -0.15) is 13.2 Å². The molecule has 0 bridgehead atoms. The molecule has 0 spiro atoms. The summed E-state index contributed by atoms with van der Waals surface area (Å²) in [5.74, 6) is -3.97. The minimum absolute atomic E-state index is 0.211. The second-order valence-electron chi connectivity index (χ2n) is 5.23. The highest BCUT2D eigenvalue weighted by molar-refractivity contribution is 6.04. The third kappa shape index (κ3) is 4.18. The third-order valence-electron chi connectivity index (χ3n) is 3.50. The maximum Gasteiger partial charge on any atom is 0.412 e. The lowest BCUT2D eigenvalue weighted by Crippen LogP contribution is -2.38. The zero-order valence-electron chi connectivity index (χ0n) is 12.9. The van der Waals surface area contributed by atoms with Gasteiger partial charge in [-0.3, -0.25) is 4.79 Å². The van der Waals surface area contributed by atoms with E-state index < -0.39 is 41.2 Å². The van der Waals surface area contributed by atoms with E-state index in [0.29, 0.717) is 0 Å². The highest BCUT2D eigenvalue weighted by Crippen LogP contribution is 2.33. The molecule has 0 saturated carbocycles. The lowest BCUT2D eigenvalue weighted by molar-refractivity contribution is -0.155. The van der Waals surface area contributed by atoms with Crippen LogP contribution in [0.2, 0.25) is 0 Å². The Kier molecular flexibility index (Phi) is 5.30. The van der Waals surface area contributed by atoms with E-state index in [1.54, 1.807) is 5.32 Å². The second-order valence-corrected chi connectivity index (χ2v) is 5.23. The smallest absolute Gasteiger partial charge is 0.412 e. The summed E-state index contributed by atoms with van der Waals surface area (Å²) in [6, 6.07) is 6.26. The first-order valence-corrected chi connectivity index (χ1v) is 7.14. The van der Waals surface area contributed by atoms with Gasteiger partial charge in [-0.25, -0.2) is 9.59 Å². The van der Waals surface area contributed by atoms with E-state index in [-0.39, 0.29) is 11.1 Å². The molecule has 0 heterocycles. The first-order chi connectivity index (χ1) is 12.1. The topological polar surface area (TPSA) is 104 Å². The highest BCUT2D eigenvalue weighted by atomic mass is 19.4. The number of carboxylic acid groups (broad SMARTS) is 2. The largest absolute Gasteiger partial charge is 0.478 e. The lowest BCUT2D eigenvalue weighted by Gasteiger charge is -2.22. The summed E-state index contributed by atoms with van der Waals surface area (Å²) >= 11 is 0. The zero-order chi connectivity index (χ0) is 19.5. The number of hydrogen-bond donors (Lipinski definition) is 3. The number of rotatable bonds is 5. The Morgan fingerprint density at radius 3 is 1.85 bits per heavy atom. The SMILES string of the molecule is O=C(O)c1ccc(C(NC(=O)c2ccccc2C(=O)O)C(F)(F)F)cc1. The van der Waals surface area contributed by atoms with Crippen LogP contribution in [0.15, 0.2) is 48.5 Å². The maximum absolute atomic E-state index is 13.4. The summed E-state index contributed by atoms with van der Waals surface area (Å²) in [5.41, 5.74) is -1.45. The number of nitrogens with one attached hydrogen (secondary N) is 1. The third-order valence-corrected chi connectivity index (χ3v) is 3.50. The standard InChI is InChI=1S/C17H12F3NO5/c18-17(19,20)13(9-5-7-10(8-6-9)15(23)24)21-14(22)11-3-1-2-4-12(11)16(25)26/h1-8,13H,(H,21,22)(H,23,24)(H,25,26). The van der Waals surface area contributed by atoms with Crippen molar-refractivity contribution < 1.29 is 37.8 Å². The first-order valence-electron chi connectivity index (χ1n) is 7.14. The van der Waals surface area contributed by atoms with Crippen LogP contribution in [0, 0.1) is 0 Å². The normalized spacial score (nSPS) is 12.3. The molecule has 9 heteroatoms. The molecule has 6 nitrogen and oxygen atoms in total. The van der Waals surface area contributed by atoms with E-state index in [9.17, 15) is 27.6 Å². The molecule has 0 radical (unpaired) electrons. The van der Waals surface area contributed by atoms with E-state index in [0.717, 1.165) is 36.4 Å². The quantitative estimate of drug-likeness (QED) is 0.753. The minimum atomic E-state index is -4.88. The summed E-state index contributed by atoms with van der Waals surface area (Å²) in [6.45, 7) is 0. The van der Waals surface area contributed by atoms with Gasteiger partial charge in [-0.05, 0) is 29.8 Å². The van der Waals surface area contributed by atoms with Crippen LogP contribution in [0.4, 0.5) is 13.2 Å². The van der Waals surface area contributed by atoms with Crippen molar-refractivity contribution >= 4 is 17.8 Å². The fourth-order valence-corrected chi connectivity index (χ4v) is 2.25. The summed E-state index contributed by atoms with van der Waals surface area (Å²) in [6.07, 6.45) is -4.88. The number of carboxylic acids is 2. The van der Waals surface area contributed by atoms with Crippen LogP contribution in [0.5, 0.6) is 0 Å². The number of halogens is 3. The second kappa shape index (κ2) is 7.26. The average molecular weight is 367 g/mol. The summed E-state index contributed by atoms with van der Waals surface area (Å²) in [7, 11) is 0. The molecule has 1 atom stereocenters. The average Bonchev–Trinajstić information content (AvgIpc) is 2.58. The predicted octanol–water partition coefficient (Wildman–Crippen LogP) is 3.12. The Morgan fingerprint density at radius 2 is 1.38 bits per heavy atom. The fraction of sp³-hybridized carbons (Fsp3) is 0.118. The molecule has 0 aromatic heterocycles. The predicted molar refractivity (Wildman–Crippen MR) is 83.1 cm³/mol. The van der Waals surface area contributed by atoms with Crippen LogP contribution >= 0.6 is 0 Å². The lowest BCUT2D eigenvalue weighted by atomic mass is 10.0. The van der Waals surface area contributed by atoms with Gasteiger partial charge in [0.1, 0.15) is 0 Å². The summed E-state index contributed by atoms with van der Waals surface area (Å²) < 4.78 is 40.1. The van der Waals surface area contributed by atoms with Gasteiger partial charge < -0.3 is 15.5 Å². The van der Waals surface area contributed by atoms with Crippen LogP contribution in [0.25, 0.3) is 0 Å². The molecule has 2 aromatic rings. The molecule has 0 aliphatic heterocycles. The van der Waals surface area contributed by atoms with Crippen molar-refractivity contribution in [1.82, 2.24) is 5.32 Å². The van der Waals surface area contributed by atoms with Gasteiger partial charge in [-0.1, -0.05) is 24.3 Å². The molecule has 1 amide bonds.